The molecule has 1 aromatic rings. The summed E-state index contributed by atoms with van der Waals surface area (Å²) in [6.07, 6.45) is 5.14. The zero-order valence-corrected chi connectivity index (χ0v) is 9.43. The number of allylic oxidation sites excluding steroid dienone is 2. The van der Waals surface area contributed by atoms with Crippen LogP contribution in [0.2, 0.25) is 0 Å². The lowest BCUT2D eigenvalue weighted by Crippen LogP contribution is -2.00. The molecule has 0 aliphatic rings. The van der Waals surface area contributed by atoms with Crippen LogP contribution in [0.15, 0.2) is 25.3 Å². The summed E-state index contributed by atoms with van der Waals surface area (Å²) in [4.78, 5) is 6.18. The molecule has 2 N–H and O–H groups in total. The number of aromatic amines is 2. The van der Waals surface area contributed by atoms with Gasteiger partial charge >= 0.3 is 0 Å². The maximum atomic E-state index is 5.05. The third-order valence-electron chi connectivity index (χ3n) is 1.80. The predicted molar refractivity (Wildman–Crippen MR) is 64.6 cm³/mol. The zero-order valence-electron chi connectivity index (χ0n) is 7.80. The van der Waals surface area contributed by atoms with Gasteiger partial charge in [0, 0.05) is 24.2 Å². The van der Waals surface area contributed by atoms with E-state index in [2.05, 4.69) is 23.1 Å². The van der Waals surface area contributed by atoms with Crippen LogP contribution in [0.5, 0.6) is 0 Å². The number of H-pyrrole nitrogens is 2. The lowest BCUT2D eigenvalue weighted by molar-refractivity contribution is 0.947. The van der Waals surface area contributed by atoms with Crippen LogP contribution in [0, 0.1) is 9.28 Å². The van der Waals surface area contributed by atoms with Crippen LogP contribution in [0.25, 0.3) is 0 Å². The fourth-order valence-corrected chi connectivity index (χ4v) is 1.52. The Balaban J connectivity index is 3.29. The number of nitrogens with one attached hydrogen (secondary N) is 2. The molecule has 0 atom stereocenters. The van der Waals surface area contributed by atoms with Crippen molar-refractivity contribution in [1.82, 2.24) is 9.97 Å². The van der Waals surface area contributed by atoms with Crippen molar-refractivity contribution in [2.45, 2.75) is 12.8 Å². The first-order chi connectivity index (χ1) is 6.69. The van der Waals surface area contributed by atoms with Gasteiger partial charge in [-0.3, -0.25) is 0 Å². The van der Waals surface area contributed by atoms with Crippen LogP contribution in [-0.4, -0.2) is 9.97 Å². The van der Waals surface area contributed by atoms with Crippen LogP contribution in [0.4, 0.5) is 0 Å². The SMILES string of the molecule is C=CCc1[nH]c(=S)c(=S)[nH]c1CC=C. The van der Waals surface area contributed by atoms with Crippen molar-refractivity contribution < 1.29 is 0 Å². The summed E-state index contributed by atoms with van der Waals surface area (Å²) in [7, 11) is 0. The summed E-state index contributed by atoms with van der Waals surface area (Å²) in [5.41, 5.74) is 2.05. The molecule has 1 aromatic heterocycles. The Morgan fingerprint density at radius 3 is 1.57 bits per heavy atom. The van der Waals surface area contributed by atoms with Gasteiger partial charge in [-0.25, -0.2) is 0 Å². The highest BCUT2D eigenvalue weighted by Gasteiger charge is 2.00. The van der Waals surface area contributed by atoms with Gasteiger partial charge in [0.25, 0.3) is 0 Å². The molecule has 0 aliphatic heterocycles. The van der Waals surface area contributed by atoms with Gasteiger partial charge in [0.2, 0.25) is 0 Å². The van der Waals surface area contributed by atoms with Gasteiger partial charge in [-0.2, -0.15) is 0 Å². The maximum absolute atomic E-state index is 5.05. The van der Waals surface area contributed by atoms with E-state index < -0.39 is 0 Å². The summed E-state index contributed by atoms with van der Waals surface area (Å²) in [5, 5.41) is 0. The first-order valence-electron chi connectivity index (χ1n) is 4.25. The van der Waals surface area contributed by atoms with E-state index in [9.17, 15) is 0 Å². The van der Waals surface area contributed by atoms with E-state index in [-0.39, 0.29) is 0 Å². The van der Waals surface area contributed by atoms with E-state index in [4.69, 9.17) is 24.4 Å². The van der Waals surface area contributed by atoms with Crippen molar-refractivity contribution in [3.63, 3.8) is 0 Å². The smallest absolute Gasteiger partial charge is 0.138 e. The van der Waals surface area contributed by atoms with Gasteiger partial charge in [0.05, 0.1) is 0 Å². The lowest BCUT2D eigenvalue weighted by Gasteiger charge is -2.05. The highest BCUT2D eigenvalue weighted by molar-refractivity contribution is 7.73. The topological polar surface area (TPSA) is 31.6 Å². The van der Waals surface area contributed by atoms with Gasteiger partial charge in [0.1, 0.15) is 9.28 Å². The van der Waals surface area contributed by atoms with E-state index >= 15 is 0 Å². The highest BCUT2D eigenvalue weighted by Crippen LogP contribution is 2.06. The summed E-state index contributed by atoms with van der Waals surface area (Å²) >= 11 is 10.1. The summed E-state index contributed by atoms with van der Waals surface area (Å²) in [5.74, 6) is 0. The zero-order chi connectivity index (χ0) is 10.6. The molecule has 2 nitrogen and oxygen atoms in total. The number of aromatic nitrogens is 2. The molecule has 0 aromatic carbocycles. The quantitative estimate of drug-likeness (QED) is 0.607. The second-order valence-corrected chi connectivity index (χ2v) is 3.67. The minimum Gasteiger partial charge on any atom is -0.346 e. The summed E-state index contributed by atoms with van der Waals surface area (Å²) < 4.78 is 1.15. The first-order valence-corrected chi connectivity index (χ1v) is 5.06. The van der Waals surface area contributed by atoms with Crippen molar-refractivity contribution in [2.24, 2.45) is 0 Å². The standard InChI is InChI=1S/C10H12N2S2/c1-3-5-7-8(6-4-2)12-10(14)9(13)11-7/h3-4H,1-2,5-6H2,(H,11,13)(H,12,14). The molecular weight excluding hydrogens is 212 g/mol. The molecule has 0 radical (unpaired) electrons. The molecule has 4 heteroatoms. The van der Waals surface area contributed by atoms with Crippen molar-refractivity contribution in [3.05, 3.63) is 46.0 Å². The van der Waals surface area contributed by atoms with E-state index in [0.29, 0.717) is 9.28 Å². The molecule has 0 spiro atoms. The second kappa shape index (κ2) is 5.02. The first kappa shape index (κ1) is 11.1. The van der Waals surface area contributed by atoms with Gasteiger partial charge in [-0.05, 0) is 0 Å². The largest absolute Gasteiger partial charge is 0.346 e. The van der Waals surface area contributed by atoms with E-state index in [0.717, 1.165) is 24.2 Å². The Kier molecular flexibility index (Phi) is 3.98. The molecular formula is C10H12N2S2. The van der Waals surface area contributed by atoms with Crippen molar-refractivity contribution in [1.29, 1.82) is 0 Å². The lowest BCUT2D eigenvalue weighted by atomic mass is 10.2. The average Bonchev–Trinajstić information content (AvgIpc) is 2.14. The van der Waals surface area contributed by atoms with Crippen molar-refractivity contribution >= 4 is 24.4 Å². The van der Waals surface area contributed by atoms with Crippen molar-refractivity contribution in [3.8, 4) is 0 Å². The van der Waals surface area contributed by atoms with Crippen molar-refractivity contribution in [2.75, 3.05) is 0 Å². The van der Waals surface area contributed by atoms with Gasteiger partial charge < -0.3 is 9.97 Å². The molecule has 0 saturated heterocycles. The highest BCUT2D eigenvalue weighted by atomic mass is 32.1. The predicted octanol–water partition coefficient (Wildman–Crippen LogP) is 3.26. The van der Waals surface area contributed by atoms with E-state index in [1.54, 1.807) is 0 Å². The fraction of sp³-hybridized carbons (Fsp3) is 0.200. The molecule has 1 rings (SSSR count). The number of hydrogen-bond acceptors (Lipinski definition) is 2. The van der Waals surface area contributed by atoms with E-state index in [1.165, 1.54) is 0 Å². The molecule has 0 fully saturated rings. The fourth-order valence-electron chi connectivity index (χ4n) is 1.18. The van der Waals surface area contributed by atoms with Crippen LogP contribution < -0.4 is 0 Å². The normalized spacial score (nSPS) is 9.71. The third kappa shape index (κ3) is 2.49. The van der Waals surface area contributed by atoms with Crippen LogP contribution in [0.1, 0.15) is 11.4 Å². The van der Waals surface area contributed by atoms with Gasteiger partial charge in [-0.1, -0.05) is 36.6 Å². The molecule has 0 amide bonds. The molecule has 14 heavy (non-hydrogen) atoms. The molecule has 0 bridgehead atoms. The monoisotopic (exact) mass is 224 g/mol. The maximum Gasteiger partial charge on any atom is 0.138 e. The minimum atomic E-state index is 0.574. The Morgan fingerprint density at radius 2 is 1.29 bits per heavy atom. The Bertz CT molecular complexity index is 411. The number of rotatable bonds is 4. The molecule has 1 heterocycles. The second-order valence-electron chi connectivity index (χ2n) is 2.85. The minimum absolute atomic E-state index is 0.574. The number of hydrogen-bond donors (Lipinski definition) is 2. The Hall–Kier alpha value is -1.00. The Labute approximate surface area is 93.4 Å². The Morgan fingerprint density at radius 1 is 0.929 bits per heavy atom. The summed E-state index contributed by atoms with van der Waals surface area (Å²) in [6.45, 7) is 7.38. The van der Waals surface area contributed by atoms with Crippen LogP contribution >= 0.6 is 24.4 Å². The average molecular weight is 224 g/mol. The van der Waals surface area contributed by atoms with Gasteiger partial charge in [-0.15, -0.1) is 13.2 Å². The molecule has 0 saturated carbocycles. The van der Waals surface area contributed by atoms with Gasteiger partial charge in [0.15, 0.2) is 0 Å². The molecule has 74 valence electrons. The summed E-state index contributed by atoms with van der Waals surface area (Å²) in [6, 6.07) is 0. The van der Waals surface area contributed by atoms with E-state index in [1.807, 2.05) is 12.2 Å². The third-order valence-corrected chi connectivity index (χ3v) is 2.54. The van der Waals surface area contributed by atoms with Crippen LogP contribution in [0.3, 0.4) is 0 Å². The van der Waals surface area contributed by atoms with Crippen LogP contribution in [-0.2, 0) is 12.8 Å². The molecule has 0 unspecified atom stereocenters. The molecule has 0 aliphatic carbocycles.